The molecule has 0 amide bonds. The Morgan fingerprint density at radius 3 is 2.94 bits per heavy atom. The molecule has 0 aliphatic heterocycles. The van der Waals surface area contributed by atoms with Crippen molar-refractivity contribution >= 4 is 0 Å². The predicted octanol–water partition coefficient (Wildman–Crippen LogP) is 2.13. The van der Waals surface area contributed by atoms with Crippen LogP contribution in [0, 0.1) is 12.7 Å². The van der Waals surface area contributed by atoms with E-state index in [4.69, 9.17) is 0 Å². The lowest BCUT2D eigenvalue weighted by Gasteiger charge is -2.10. The number of hydrogen-bond acceptors (Lipinski definition) is 2. The van der Waals surface area contributed by atoms with Gasteiger partial charge < -0.3 is 10.1 Å². The van der Waals surface area contributed by atoms with Crippen LogP contribution in [0.1, 0.15) is 23.1 Å². The van der Waals surface area contributed by atoms with Crippen LogP contribution in [0.2, 0.25) is 0 Å². The van der Waals surface area contributed by atoms with E-state index in [0.717, 1.165) is 5.82 Å². The summed E-state index contributed by atoms with van der Waals surface area (Å²) >= 11 is 0. The number of hydrogen-bond donors (Lipinski definition) is 2. The molecule has 1 atom stereocenters. The topological polar surface area (TPSA) is 48.9 Å². The molecule has 84 valence electrons. The van der Waals surface area contributed by atoms with E-state index in [1.807, 2.05) is 0 Å². The summed E-state index contributed by atoms with van der Waals surface area (Å²) in [6.45, 7) is 1.68. The van der Waals surface area contributed by atoms with Crippen molar-refractivity contribution in [3.05, 3.63) is 53.4 Å². The van der Waals surface area contributed by atoms with Crippen molar-refractivity contribution in [2.75, 3.05) is 0 Å². The Labute approximate surface area is 93.0 Å². The number of imidazole rings is 1. The van der Waals surface area contributed by atoms with E-state index in [2.05, 4.69) is 9.97 Å². The minimum absolute atomic E-state index is 0.256. The molecule has 0 spiro atoms. The highest BCUT2D eigenvalue weighted by molar-refractivity contribution is 5.26. The van der Waals surface area contributed by atoms with Crippen molar-refractivity contribution < 1.29 is 9.50 Å². The summed E-state index contributed by atoms with van der Waals surface area (Å²) in [5.41, 5.74) is 1.24. The monoisotopic (exact) mass is 220 g/mol. The van der Waals surface area contributed by atoms with Crippen LogP contribution in [0.25, 0.3) is 0 Å². The Hall–Kier alpha value is -1.68. The van der Waals surface area contributed by atoms with E-state index in [0.29, 0.717) is 17.5 Å². The van der Waals surface area contributed by atoms with Crippen LogP contribution < -0.4 is 0 Å². The van der Waals surface area contributed by atoms with Crippen molar-refractivity contribution in [3.8, 4) is 0 Å². The van der Waals surface area contributed by atoms with Crippen LogP contribution in [-0.4, -0.2) is 15.1 Å². The van der Waals surface area contributed by atoms with Crippen molar-refractivity contribution in [1.82, 2.24) is 9.97 Å². The molecule has 2 N–H and O–H groups in total. The molecule has 3 nitrogen and oxygen atoms in total. The molecule has 16 heavy (non-hydrogen) atoms. The third-order valence-corrected chi connectivity index (χ3v) is 2.51. The van der Waals surface area contributed by atoms with Crippen molar-refractivity contribution in [1.29, 1.82) is 0 Å². The maximum Gasteiger partial charge on any atom is 0.126 e. The van der Waals surface area contributed by atoms with Gasteiger partial charge in [0.2, 0.25) is 0 Å². The first-order valence-corrected chi connectivity index (χ1v) is 5.09. The van der Waals surface area contributed by atoms with Crippen molar-refractivity contribution in [2.24, 2.45) is 0 Å². The SMILES string of the molecule is Cc1cc(C(O)Cc2ncc[nH]2)ccc1F. The number of benzene rings is 1. The molecular formula is C12H13FN2O. The second-order valence-electron chi connectivity index (χ2n) is 3.76. The number of rotatable bonds is 3. The molecule has 0 saturated heterocycles. The highest BCUT2D eigenvalue weighted by atomic mass is 19.1. The maximum atomic E-state index is 13.0. The molecule has 0 radical (unpaired) electrons. The molecule has 2 aromatic rings. The fourth-order valence-corrected chi connectivity index (χ4v) is 1.59. The molecule has 1 aromatic heterocycles. The first kappa shape index (κ1) is 10.8. The number of nitrogens with zero attached hydrogens (tertiary/aromatic N) is 1. The minimum Gasteiger partial charge on any atom is -0.388 e. The van der Waals surface area contributed by atoms with Gasteiger partial charge in [0.1, 0.15) is 11.6 Å². The minimum atomic E-state index is -0.662. The third-order valence-electron chi connectivity index (χ3n) is 2.51. The molecular weight excluding hydrogens is 207 g/mol. The number of aliphatic hydroxyl groups excluding tert-OH is 1. The average molecular weight is 220 g/mol. The second kappa shape index (κ2) is 4.45. The third kappa shape index (κ3) is 2.28. The highest BCUT2D eigenvalue weighted by Gasteiger charge is 2.11. The molecule has 1 unspecified atom stereocenters. The Morgan fingerprint density at radius 2 is 2.31 bits per heavy atom. The van der Waals surface area contributed by atoms with Crippen molar-refractivity contribution in [2.45, 2.75) is 19.4 Å². The van der Waals surface area contributed by atoms with Gasteiger partial charge in [-0.05, 0) is 24.1 Å². The van der Waals surface area contributed by atoms with E-state index in [-0.39, 0.29) is 5.82 Å². The van der Waals surface area contributed by atoms with Gasteiger partial charge in [-0.25, -0.2) is 9.37 Å². The Bertz CT molecular complexity index is 468. The zero-order valence-corrected chi connectivity index (χ0v) is 8.94. The quantitative estimate of drug-likeness (QED) is 0.832. The fraction of sp³-hybridized carbons (Fsp3) is 0.250. The van der Waals surface area contributed by atoms with Gasteiger partial charge in [-0.15, -0.1) is 0 Å². The smallest absolute Gasteiger partial charge is 0.126 e. The van der Waals surface area contributed by atoms with Crippen LogP contribution in [-0.2, 0) is 6.42 Å². The van der Waals surface area contributed by atoms with Crippen LogP contribution in [0.3, 0.4) is 0 Å². The Balaban J connectivity index is 2.14. The summed E-state index contributed by atoms with van der Waals surface area (Å²) in [6, 6.07) is 4.62. The number of halogens is 1. The van der Waals surface area contributed by atoms with Gasteiger partial charge in [0.15, 0.2) is 0 Å². The van der Waals surface area contributed by atoms with Gasteiger partial charge in [0, 0.05) is 18.8 Å². The molecule has 0 bridgehead atoms. The van der Waals surface area contributed by atoms with Gasteiger partial charge in [0.25, 0.3) is 0 Å². The predicted molar refractivity (Wildman–Crippen MR) is 58.4 cm³/mol. The summed E-state index contributed by atoms with van der Waals surface area (Å²) < 4.78 is 13.0. The van der Waals surface area contributed by atoms with E-state index < -0.39 is 6.10 Å². The number of H-pyrrole nitrogens is 1. The van der Waals surface area contributed by atoms with E-state index in [9.17, 15) is 9.50 Å². The van der Waals surface area contributed by atoms with Crippen LogP contribution >= 0.6 is 0 Å². The molecule has 4 heteroatoms. The Morgan fingerprint density at radius 1 is 1.50 bits per heavy atom. The average Bonchev–Trinajstić information content (AvgIpc) is 2.74. The lowest BCUT2D eigenvalue weighted by molar-refractivity contribution is 0.176. The van der Waals surface area contributed by atoms with Crippen LogP contribution in [0.4, 0.5) is 4.39 Å². The zero-order chi connectivity index (χ0) is 11.5. The van der Waals surface area contributed by atoms with Crippen LogP contribution in [0.5, 0.6) is 0 Å². The molecule has 0 saturated carbocycles. The number of aliphatic hydroxyl groups is 1. The molecule has 0 aliphatic carbocycles. The number of aryl methyl sites for hydroxylation is 1. The highest BCUT2D eigenvalue weighted by Crippen LogP contribution is 2.19. The van der Waals surface area contributed by atoms with E-state index in [1.54, 1.807) is 31.5 Å². The number of aromatic amines is 1. The first-order valence-electron chi connectivity index (χ1n) is 5.09. The summed E-state index contributed by atoms with van der Waals surface area (Å²) in [7, 11) is 0. The fourth-order valence-electron chi connectivity index (χ4n) is 1.59. The van der Waals surface area contributed by atoms with Gasteiger partial charge in [0.05, 0.1) is 6.10 Å². The van der Waals surface area contributed by atoms with Gasteiger partial charge in [-0.1, -0.05) is 12.1 Å². The zero-order valence-electron chi connectivity index (χ0n) is 8.94. The molecule has 0 aliphatic rings. The van der Waals surface area contributed by atoms with E-state index >= 15 is 0 Å². The van der Waals surface area contributed by atoms with Crippen LogP contribution in [0.15, 0.2) is 30.6 Å². The lowest BCUT2D eigenvalue weighted by Crippen LogP contribution is -2.04. The summed E-state index contributed by atoms with van der Waals surface area (Å²) in [5.74, 6) is 0.462. The maximum absolute atomic E-state index is 13.0. The Kier molecular flexibility index (Phi) is 3.01. The van der Waals surface area contributed by atoms with E-state index in [1.165, 1.54) is 6.07 Å². The molecule has 2 rings (SSSR count). The van der Waals surface area contributed by atoms with Gasteiger partial charge >= 0.3 is 0 Å². The molecule has 1 heterocycles. The normalized spacial score (nSPS) is 12.7. The second-order valence-corrected chi connectivity index (χ2v) is 3.76. The first-order chi connectivity index (χ1) is 7.66. The number of aromatic nitrogens is 2. The largest absolute Gasteiger partial charge is 0.388 e. The van der Waals surface area contributed by atoms with Gasteiger partial charge in [-0.3, -0.25) is 0 Å². The summed E-state index contributed by atoms with van der Waals surface area (Å²) in [6.07, 6.45) is 3.08. The number of nitrogens with one attached hydrogen (secondary N) is 1. The standard InChI is InChI=1S/C12H13FN2O/c1-8-6-9(2-3-10(8)13)11(16)7-12-14-4-5-15-12/h2-6,11,16H,7H2,1H3,(H,14,15). The molecule has 1 aromatic carbocycles. The summed E-state index contributed by atoms with van der Waals surface area (Å²) in [4.78, 5) is 6.95. The lowest BCUT2D eigenvalue weighted by atomic mass is 10.0. The van der Waals surface area contributed by atoms with Crippen molar-refractivity contribution in [3.63, 3.8) is 0 Å². The van der Waals surface area contributed by atoms with Gasteiger partial charge in [-0.2, -0.15) is 0 Å². The molecule has 0 fully saturated rings. The summed E-state index contributed by atoms with van der Waals surface area (Å²) in [5, 5.41) is 9.93.